The van der Waals surface area contributed by atoms with Crippen molar-refractivity contribution in [1.82, 2.24) is 0 Å². The molecule has 0 atom stereocenters. The maximum absolute atomic E-state index is 8.72. The molecule has 1 heteroatoms. The van der Waals surface area contributed by atoms with E-state index in [1.807, 2.05) is 6.08 Å². The van der Waals surface area contributed by atoms with Crippen LogP contribution in [0.25, 0.3) is 0 Å². The Hall–Kier alpha value is -0.560. The van der Waals surface area contributed by atoms with Crippen LogP contribution in [0, 0.1) is 5.92 Å². The highest BCUT2D eigenvalue weighted by atomic mass is 16.2. The van der Waals surface area contributed by atoms with E-state index in [0.29, 0.717) is 0 Å². The summed E-state index contributed by atoms with van der Waals surface area (Å²) >= 11 is 0. The highest BCUT2D eigenvalue weighted by Crippen LogP contribution is 2.13. The van der Waals surface area contributed by atoms with E-state index >= 15 is 0 Å². The fourth-order valence-electron chi connectivity index (χ4n) is 1.70. The van der Waals surface area contributed by atoms with Gasteiger partial charge < -0.3 is 5.11 Å². The Labute approximate surface area is 101 Å². The lowest BCUT2D eigenvalue weighted by Crippen LogP contribution is -1.88. The summed E-state index contributed by atoms with van der Waals surface area (Å²) in [5, 5.41) is 8.72. The minimum absolute atomic E-state index is 0.170. The van der Waals surface area contributed by atoms with Gasteiger partial charge in [-0.05, 0) is 45.4 Å². The molecule has 0 unspecified atom stereocenters. The van der Waals surface area contributed by atoms with Crippen molar-refractivity contribution in [2.45, 2.75) is 59.8 Å². The van der Waals surface area contributed by atoms with Crippen LogP contribution in [0.15, 0.2) is 23.3 Å². The Morgan fingerprint density at radius 2 is 1.69 bits per heavy atom. The molecule has 0 aliphatic carbocycles. The van der Waals surface area contributed by atoms with Crippen molar-refractivity contribution in [3.8, 4) is 0 Å². The molecule has 0 rings (SSSR count). The minimum Gasteiger partial charge on any atom is -0.392 e. The van der Waals surface area contributed by atoms with E-state index in [0.717, 1.165) is 18.8 Å². The van der Waals surface area contributed by atoms with Gasteiger partial charge in [0.15, 0.2) is 0 Å². The van der Waals surface area contributed by atoms with E-state index < -0.39 is 0 Å². The van der Waals surface area contributed by atoms with Crippen LogP contribution >= 0.6 is 0 Å². The molecule has 1 nitrogen and oxygen atoms in total. The molecule has 94 valence electrons. The summed E-state index contributed by atoms with van der Waals surface area (Å²) in [6.45, 7) is 9.04. The SMILES string of the molecule is CC(=CCO)CCC=C(C)CCCC(C)C. The highest BCUT2D eigenvalue weighted by Gasteiger charge is 1.95. The molecule has 0 aromatic heterocycles. The number of hydrogen-bond donors (Lipinski definition) is 1. The molecule has 1 N–H and O–H groups in total. The van der Waals surface area contributed by atoms with Gasteiger partial charge in [-0.15, -0.1) is 0 Å². The summed E-state index contributed by atoms with van der Waals surface area (Å²) in [6, 6.07) is 0. The highest BCUT2D eigenvalue weighted by molar-refractivity contribution is 5.03. The Balaban J connectivity index is 3.66. The quantitative estimate of drug-likeness (QED) is 0.603. The lowest BCUT2D eigenvalue weighted by atomic mass is 10.0. The Morgan fingerprint density at radius 3 is 2.25 bits per heavy atom. The smallest absolute Gasteiger partial charge is 0.0614 e. The number of rotatable bonds is 8. The Kier molecular flexibility index (Phi) is 9.31. The zero-order valence-corrected chi connectivity index (χ0v) is 11.4. The summed E-state index contributed by atoms with van der Waals surface area (Å²) in [6.07, 6.45) is 10.3. The lowest BCUT2D eigenvalue weighted by Gasteiger charge is -2.05. The Bertz CT molecular complexity index is 224. The van der Waals surface area contributed by atoms with Gasteiger partial charge in [-0.3, -0.25) is 0 Å². The standard InChI is InChI=1S/C15H28O/c1-13(2)7-5-8-14(3)9-6-10-15(4)11-12-16/h9,11,13,16H,5-8,10,12H2,1-4H3. The second-order valence-electron chi connectivity index (χ2n) is 5.11. The number of aliphatic hydroxyl groups is 1. The van der Waals surface area contributed by atoms with Crippen molar-refractivity contribution in [1.29, 1.82) is 0 Å². The monoisotopic (exact) mass is 224 g/mol. The summed E-state index contributed by atoms with van der Waals surface area (Å²) in [7, 11) is 0. The average Bonchev–Trinajstić information content (AvgIpc) is 2.17. The molecule has 0 aromatic rings. The maximum Gasteiger partial charge on any atom is 0.0614 e. The van der Waals surface area contributed by atoms with E-state index in [-0.39, 0.29) is 6.61 Å². The van der Waals surface area contributed by atoms with Gasteiger partial charge in [0.1, 0.15) is 0 Å². The number of allylic oxidation sites excluding steroid dienone is 3. The largest absolute Gasteiger partial charge is 0.392 e. The molecule has 0 aliphatic heterocycles. The predicted octanol–water partition coefficient (Wildman–Crippen LogP) is 4.48. The molecule has 0 bridgehead atoms. The second kappa shape index (κ2) is 9.65. The molecule has 0 fully saturated rings. The fourth-order valence-corrected chi connectivity index (χ4v) is 1.70. The van der Waals surface area contributed by atoms with Crippen LogP contribution in [0.1, 0.15) is 59.8 Å². The molecular formula is C15H28O. The predicted molar refractivity (Wildman–Crippen MR) is 72.5 cm³/mol. The Morgan fingerprint density at radius 1 is 1.06 bits per heavy atom. The number of hydrogen-bond acceptors (Lipinski definition) is 1. The average molecular weight is 224 g/mol. The molecular weight excluding hydrogens is 196 g/mol. The van der Waals surface area contributed by atoms with Crippen LogP contribution < -0.4 is 0 Å². The van der Waals surface area contributed by atoms with Gasteiger partial charge in [-0.1, -0.05) is 43.6 Å². The zero-order chi connectivity index (χ0) is 12.4. The third-order valence-electron chi connectivity index (χ3n) is 2.82. The molecule has 0 aromatic carbocycles. The van der Waals surface area contributed by atoms with Gasteiger partial charge in [-0.25, -0.2) is 0 Å². The first-order valence-corrected chi connectivity index (χ1v) is 6.48. The summed E-state index contributed by atoms with van der Waals surface area (Å²) in [4.78, 5) is 0. The zero-order valence-electron chi connectivity index (χ0n) is 11.4. The van der Waals surface area contributed by atoms with E-state index in [1.165, 1.54) is 30.4 Å². The normalized spacial score (nSPS) is 13.6. The van der Waals surface area contributed by atoms with Crippen molar-refractivity contribution in [2.24, 2.45) is 5.92 Å². The van der Waals surface area contributed by atoms with Crippen molar-refractivity contribution < 1.29 is 5.11 Å². The molecule has 16 heavy (non-hydrogen) atoms. The topological polar surface area (TPSA) is 20.2 Å². The van der Waals surface area contributed by atoms with E-state index in [2.05, 4.69) is 33.8 Å². The number of aliphatic hydroxyl groups excluding tert-OH is 1. The van der Waals surface area contributed by atoms with Crippen molar-refractivity contribution in [3.05, 3.63) is 23.3 Å². The van der Waals surface area contributed by atoms with Gasteiger partial charge in [0.05, 0.1) is 6.61 Å². The first kappa shape index (κ1) is 15.4. The third kappa shape index (κ3) is 9.97. The fraction of sp³-hybridized carbons (Fsp3) is 0.733. The molecule has 0 aliphatic rings. The molecule has 0 saturated heterocycles. The van der Waals surface area contributed by atoms with Gasteiger partial charge in [0.25, 0.3) is 0 Å². The van der Waals surface area contributed by atoms with E-state index in [4.69, 9.17) is 5.11 Å². The van der Waals surface area contributed by atoms with Gasteiger partial charge in [0, 0.05) is 0 Å². The summed E-state index contributed by atoms with van der Waals surface area (Å²) < 4.78 is 0. The maximum atomic E-state index is 8.72. The minimum atomic E-state index is 0.170. The lowest BCUT2D eigenvalue weighted by molar-refractivity contribution is 0.341. The second-order valence-corrected chi connectivity index (χ2v) is 5.11. The molecule has 0 spiro atoms. The molecule has 0 amide bonds. The van der Waals surface area contributed by atoms with Crippen LogP contribution in [0.4, 0.5) is 0 Å². The first-order chi connectivity index (χ1) is 7.56. The van der Waals surface area contributed by atoms with E-state index in [9.17, 15) is 0 Å². The third-order valence-corrected chi connectivity index (χ3v) is 2.82. The van der Waals surface area contributed by atoms with Crippen molar-refractivity contribution in [3.63, 3.8) is 0 Å². The molecule has 0 heterocycles. The van der Waals surface area contributed by atoms with Gasteiger partial charge >= 0.3 is 0 Å². The molecule has 0 saturated carbocycles. The summed E-state index contributed by atoms with van der Waals surface area (Å²) in [5.41, 5.74) is 2.80. The summed E-state index contributed by atoms with van der Waals surface area (Å²) in [5.74, 6) is 0.822. The van der Waals surface area contributed by atoms with Crippen LogP contribution in [0.2, 0.25) is 0 Å². The molecule has 0 radical (unpaired) electrons. The van der Waals surface area contributed by atoms with Crippen LogP contribution in [-0.2, 0) is 0 Å². The van der Waals surface area contributed by atoms with Gasteiger partial charge in [-0.2, -0.15) is 0 Å². The van der Waals surface area contributed by atoms with Gasteiger partial charge in [0.2, 0.25) is 0 Å². The van der Waals surface area contributed by atoms with E-state index in [1.54, 1.807) is 0 Å². The first-order valence-electron chi connectivity index (χ1n) is 6.48. The van der Waals surface area contributed by atoms with Crippen molar-refractivity contribution in [2.75, 3.05) is 6.61 Å². The van der Waals surface area contributed by atoms with Crippen LogP contribution in [0.5, 0.6) is 0 Å². The van der Waals surface area contributed by atoms with Crippen LogP contribution in [-0.4, -0.2) is 11.7 Å². The van der Waals surface area contributed by atoms with Crippen LogP contribution in [0.3, 0.4) is 0 Å². The van der Waals surface area contributed by atoms with Crippen molar-refractivity contribution >= 4 is 0 Å².